The predicted molar refractivity (Wildman–Crippen MR) is 77.9 cm³/mol. The van der Waals surface area contributed by atoms with E-state index in [-0.39, 0.29) is 25.1 Å². The van der Waals surface area contributed by atoms with Gasteiger partial charge in [-0.1, -0.05) is 18.2 Å². The number of amides is 1. The molecule has 2 aliphatic heterocycles. The van der Waals surface area contributed by atoms with Gasteiger partial charge in [0.1, 0.15) is 24.8 Å². The molecule has 1 aromatic rings. The fraction of sp³-hybridized carbons (Fsp3) is 0.500. The molecular weight excluding hydrogens is 286 g/mol. The van der Waals surface area contributed by atoms with Gasteiger partial charge in [-0.15, -0.1) is 0 Å². The Morgan fingerprint density at radius 2 is 1.95 bits per heavy atom. The lowest BCUT2D eigenvalue weighted by molar-refractivity contribution is -0.148. The van der Waals surface area contributed by atoms with Crippen LogP contribution in [0.15, 0.2) is 24.3 Å². The van der Waals surface area contributed by atoms with Crippen LogP contribution in [0.4, 0.5) is 0 Å². The van der Waals surface area contributed by atoms with E-state index in [1.165, 1.54) is 4.90 Å². The van der Waals surface area contributed by atoms with Crippen molar-refractivity contribution in [2.45, 2.75) is 24.8 Å². The summed E-state index contributed by atoms with van der Waals surface area (Å²) in [4.78, 5) is 25.5. The number of benzene rings is 1. The first-order valence-electron chi connectivity index (χ1n) is 7.48. The monoisotopic (exact) mass is 305 g/mol. The molecule has 3 rings (SSSR count). The number of carboxylic acid groups (broad SMARTS) is 1. The molecule has 1 fully saturated rings. The first kappa shape index (κ1) is 14.8. The minimum absolute atomic E-state index is 0.0786. The van der Waals surface area contributed by atoms with E-state index in [0.29, 0.717) is 31.8 Å². The molecule has 1 aromatic carbocycles. The molecule has 2 heterocycles. The van der Waals surface area contributed by atoms with E-state index in [9.17, 15) is 9.59 Å². The van der Waals surface area contributed by atoms with E-state index >= 15 is 0 Å². The number of ether oxygens (including phenoxy) is 2. The van der Waals surface area contributed by atoms with Gasteiger partial charge in [-0.05, 0) is 18.9 Å². The Labute approximate surface area is 128 Å². The van der Waals surface area contributed by atoms with Gasteiger partial charge in [0.05, 0.1) is 0 Å². The number of hydrogen-bond acceptors (Lipinski definition) is 4. The third-order valence-electron chi connectivity index (χ3n) is 4.22. The Balaban J connectivity index is 1.81. The Bertz CT molecular complexity index is 567. The number of carbonyl (C=O) groups excluding carboxylic acids is 1. The molecule has 1 atom stereocenters. The summed E-state index contributed by atoms with van der Waals surface area (Å²) in [6.45, 7) is 1.12. The molecule has 6 nitrogen and oxygen atoms in total. The highest BCUT2D eigenvalue weighted by Crippen LogP contribution is 2.35. The predicted octanol–water partition coefficient (Wildman–Crippen LogP) is 1.25. The Morgan fingerprint density at radius 3 is 2.68 bits per heavy atom. The lowest BCUT2D eigenvalue weighted by Gasteiger charge is -2.34. The number of carboxylic acids is 1. The average molecular weight is 305 g/mol. The SMILES string of the molecule is O=C(O)CN(C(=O)[C@H]1COc2ccccc21)C1CCOCC1. The van der Waals surface area contributed by atoms with Crippen LogP contribution in [0.25, 0.3) is 0 Å². The molecule has 1 saturated heterocycles. The number of nitrogens with zero attached hydrogens (tertiary/aromatic N) is 1. The summed E-state index contributed by atoms with van der Waals surface area (Å²) >= 11 is 0. The highest BCUT2D eigenvalue weighted by molar-refractivity contribution is 5.88. The maximum absolute atomic E-state index is 12.9. The van der Waals surface area contributed by atoms with Crippen molar-refractivity contribution in [2.75, 3.05) is 26.4 Å². The van der Waals surface area contributed by atoms with Gasteiger partial charge in [0.25, 0.3) is 0 Å². The molecule has 0 saturated carbocycles. The normalized spacial score (nSPS) is 21.0. The lowest BCUT2D eigenvalue weighted by Crippen LogP contribution is -2.48. The van der Waals surface area contributed by atoms with Crippen LogP contribution in [0.5, 0.6) is 5.75 Å². The zero-order valence-corrected chi connectivity index (χ0v) is 12.2. The van der Waals surface area contributed by atoms with Gasteiger partial charge < -0.3 is 19.5 Å². The molecule has 0 aromatic heterocycles. The molecule has 118 valence electrons. The number of carbonyl (C=O) groups is 2. The maximum atomic E-state index is 12.9. The topological polar surface area (TPSA) is 76.1 Å². The zero-order valence-electron chi connectivity index (χ0n) is 12.2. The van der Waals surface area contributed by atoms with Gasteiger partial charge in [0, 0.05) is 24.8 Å². The molecule has 6 heteroatoms. The molecule has 0 aliphatic carbocycles. The fourth-order valence-corrected chi connectivity index (χ4v) is 3.10. The first-order chi connectivity index (χ1) is 10.7. The molecule has 22 heavy (non-hydrogen) atoms. The van der Waals surface area contributed by atoms with E-state index in [2.05, 4.69) is 0 Å². The Hall–Kier alpha value is -2.08. The van der Waals surface area contributed by atoms with Crippen molar-refractivity contribution in [1.82, 2.24) is 4.90 Å². The Morgan fingerprint density at radius 1 is 1.23 bits per heavy atom. The largest absolute Gasteiger partial charge is 0.492 e. The second kappa shape index (κ2) is 6.36. The van der Waals surface area contributed by atoms with E-state index in [1.807, 2.05) is 24.3 Å². The summed E-state index contributed by atoms with van der Waals surface area (Å²) in [6.07, 6.45) is 1.35. The molecule has 0 radical (unpaired) electrons. The van der Waals surface area contributed by atoms with E-state index < -0.39 is 11.9 Å². The van der Waals surface area contributed by atoms with Crippen molar-refractivity contribution in [2.24, 2.45) is 0 Å². The van der Waals surface area contributed by atoms with Crippen molar-refractivity contribution in [3.05, 3.63) is 29.8 Å². The summed E-state index contributed by atoms with van der Waals surface area (Å²) in [6, 6.07) is 7.35. The van der Waals surface area contributed by atoms with E-state index in [0.717, 1.165) is 5.56 Å². The van der Waals surface area contributed by atoms with Crippen molar-refractivity contribution in [1.29, 1.82) is 0 Å². The standard InChI is InChI=1S/C16H19NO5/c18-15(19)9-17(11-5-7-21-8-6-11)16(20)13-10-22-14-4-2-1-3-12(13)14/h1-4,11,13H,5-10H2,(H,18,19)/t13-/m0/s1. The van der Waals surface area contributed by atoms with Gasteiger partial charge in [-0.3, -0.25) is 9.59 Å². The van der Waals surface area contributed by atoms with Crippen LogP contribution >= 0.6 is 0 Å². The minimum Gasteiger partial charge on any atom is -0.492 e. The fourth-order valence-electron chi connectivity index (χ4n) is 3.10. The van der Waals surface area contributed by atoms with Crippen LogP contribution in [-0.4, -0.2) is 54.3 Å². The van der Waals surface area contributed by atoms with Crippen molar-refractivity contribution in [3.63, 3.8) is 0 Å². The van der Waals surface area contributed by atoms with Crippen LogP contribution in [0.2, 0.25) is 0 Å². The number of para-hydroxylation sites is 1. The molecule has 0 spiro atoms. The van der Waals surface area contributed by atoms with Crippen LogP contribution in [0, 0.1) is 0 Å². The summed E-state index contributed by atoms with van der Waals surface area (Å²) in [5.41, 5.74) is 0.843. The van der Waals surface area contributed by atoms with Crippen LogP contribution < -0.4 is 4.74 Å². The second-order valence-electron chi connectivity index (χ2n) is 5.60. The Kier molecular flexibility index (Phi) is 4.29. The van der Waals surface area contributed by atoms with Gasteiger partial charge in [0.15, 0.2) is 0 Å². The zero-order chi connectivity index (χ0) is 15.5. The lowest BCUT2D eigenvalue weighted by atomic mass is 9.97. The summed E-state index contributed by atoms with van der Waals surface area (Å²) in [5.74, 6) is -0.868. The van der Waals surface area contributed by atoms with Gasteiger partial charge >= 0.3 is 5.97 Å². The van der Waals surface area contributed by atoms with Crippen molar-refractivity contribution < 1.29 is 24.2 Å². The third kappa shape index (κ3) is 2.92. The molecule has 0 unspecified atom stereocenters. The van der Waals surface area contributed by atoms with Crippen molar-refractivity contribution >= 4 is 11.9 Å². The first-order valence-corrected chi connectivity index (χ1v) is 7.48. The van der Waals surface area contributed by atoms with E-state index in [4.69, 9.17) is 14.6 Å². The molecule has 1 N–H and O–H groups in total. The number of fused-ring (bicyclic) bond motifs is 1. The van der Waals surface area contributed by atoms with Crippen LogP contribution in [-0.2, 0) is 14.3 Å². The van der Waals surface area contributed by atoms with Crippen LogP contribution in [0.3, 0.4) is 0 Å². The summed E-state index contributed by atoms with van der Waals surface area (Å²) < 4.78 is 10.9. The number of aliphatic carboxylic acids is 1. The smallest absolute Gasteiger partial charge is 0.323 e. The maximum Gasteiger partial charge on any atom is 0.323 e. The third-order valence-corrected chi connectivity index (χ3v) is 4.22. The number of rotatable bonds is 4. The van der Waals surface area contributed by atoms with Gasteiger partial charge in [0.2, 0.25) is 5.91 Å². The summed E-state index contributed by atoms with van der Waals surface area (Å²) in [7, 11) is 0. The van der Waals surface area contributed by atoms with Gasteiger partial charge in [-0.2, -0.15) is 0 Å². The summed E-state index contributed by atoms with van der Waals surface area (Å²) in [5, 5.41) is 9.15. The molecular formula is C16H19NO5. The van der Waals surface area contributed by atoms with E-state index in [1.54, 1.807) is 0 Å². The molecule has 0 bridgehead atoms. The highest BCUT2D eigenvalue weighted by Gasteiger charge is 2.37. The molecule has 2 aliphatic rings. The van der Waals surface area contributed by atoms with Crippen LogP contribution in [0.1, 0.15) is 24.3 Å². The van der Waals surface area contributed by atoms with Gasteiger partial charge in [-0.25, -0.2) is 0 Å². The van der Waals surface area contributed by atoms with Crippen molar-refractivity contribution in [3.8, 4) is 5.75 Å². The molecule has 1 amide bonds. The number of hydrogen-bond donors (Lipinski definition) is 1. The average Bonchev–Trinajstić information content (AvgIpc) is 2.97. The minimum atomic E-state index is -0.993. The second-order valence-corrected chi connectivity index (χ2v) is 5.60. The quantitative estimate of drug-likeness (QED) is 0.906. The highest BCUT2D eigenvalue weighted by atomic mass is 16.5.